The van der Waals surface area contributed by atoms with Gasteiger partial charge in [-0.05, 0) is 41.9 Å². The zero-order chi connectivity index (χ0) is 13.3. The smallest absolute Gasteiger partial charge is 0.257 e. The largest absolute Gasteiger partial charge is 0.372 e. The SMILES string of the molecule is CC1(C)CN(C(=O)c2cccc(Br)c2F)CCO1. The Morgan fingerprint density at radius 3 is 2.89 bits per heavy atom. The van der Waals surface area contributed by atoms with E-state index in [1.54, 1.807) is 17.0 Å². The molecule has 1 aliphatic heterocycles. The van der Waals surface area contributed by atoms with Crippen LogP contribution >= 0.6 is 15.9 Å². The van der Waals surface area contributed by atoms with Crippen molar-refractivity contribution in [3.63, 3.8) is 0 Å². The maximum absolute atomic E-state index is 13.9. The number of hydrogen-bond acceptors (Lipinski definition) is 2. The van der Waals surface area contributed by atoms with Gasteiger partial charge in [0.25, 0.3) is 5.91 Å². The molecule has 0 bridgehead atoms. The Morgan fingerprint density at radius 1 is 1.50 bits per heavy atom. The third-order valence-corrected chi connectivity index (χ3v) is 3.51. The van der Waals surface area contributed by atoms with E-state index in [0.717, 1.165) is 0 Å². The molecule has 18 heavy (non-hydrogen) atoms. The van der Waals surface area contributed by atoms with E-state index >= 15 is 0 Å². The third-order valence-electron chi connectivity index (χ3n) is 2.89. The summed E-state index contributed by atoms with van der Waals surface area (Å²) in [5.74, 6) is -0.794. The zero-order valence-electron chi connectivity index (χ0n) is 10.4. The van der Waals surface area contributed by atoms with Crippen LogP contribution in [0, 0.1) is 5.82 Å². The van der Waals surface area contributed by atoms with E-state index in [1.807, 2.05) is 13.8 Å². The Bertz CT molecular complexity index is 476. The van der Waals surface area contributed by atoms with Crippen molar-refractivity contribution in [1.29, 1.82) is 0 Å². The number of benzene rings is 1. The van der Waals surface area contributed by atoms with Gasteiger partial charge in [-0.2, -0.15) is 0 Å². The van der Waals surface area contributed by atoms with Gasteiger partial charge in [-0.25, -0.2) is 4.39 Å². The number of carbonyl (C=O) groups is 1. The molecule has 0 atom stereocenters. The van der Waals surface area contributed by atoms with Crippen LogP contribution in [-0.4, -0.2) is 36.1 Å². The fraction of sp³-hybridized carbons (Fsp3) is 0.462. The summed E-state index contributed by atoms with van der Waals surface area (Å²) in [4.78, 5) is 13.9. The number of ether oxygens (including phenoxy) is 1. The molecule has 0 spiro atoms. The van der Waals surface area contributed by atoms with Crippen LogP contribution in [0.3, 0.4) is 0 Å². The molecule has 2 rings (SSSR count). The first-order valence-corrected chi connectivity index (χ1v) is 6.57. The molecule has 0 N–H and O–H groups in total. The molecule has 0 aromatic heterocycles. The molecule has 0 saturated carbocycles. The second kappa shape index (κ2) is 4.97. The standard InChI is InChI=1S/C13H15BrFNO2/c1-13(2)8-16(6-7-18-13)12(17)9-4-3-5-10(14)11(9)15/h3-5H,6-8H2,1-2H3. The Balaban J connectivity index is 2.23. The van der Waals surface area contributed by atoms with E-state index in [2.05, 4.69) is 15.9 Å². The van der Waals surface area contributed by atoms with Crippen LogP contribution in [0.5, 0.6) is 0 Å². The molecule has 1 aromatic carbocycles. The molecule has 1 heterocycles. The van der Waals surface area contributed by atoms with E-state index in [9.17, 15) is 9.18 Å². The highest BCUT2D eigenvalue weighted by molar-refractivity contribution is 9.10. The monoisotopic (exact) mass is 315 g/mol. The molecule has 0 aliphatic carbocycles. The summed E-state index contributed by atoms with van der Waals surface area (Å²) in [6, 6.07) is 4.74. The normalized spacial score (nSPS) is 18.8. The minimum absolute atomic E-state index is 0.0991. The van der Waals surface area contributed by atoms with Crippen molar-refractivity contribution < 1.29 is 13.9 Å². The number of nitrogens with zero attached hydrogens (tertiary/aromatic N) is 1. The Labute approximate surface area is 114 Å². The van der Waals surface area contributed by atoms with E-state index in [1.165, 1.54) is 6.07 Å². The van der Waals surface area contributed by atoms with Gasteiger partial charge < -0.3 is 9.64 Å². The lowest BCUT2D eigenvalue weighted by atomic mass is 10.1. The van der Waals surface area contributed by atoms with Crippen molar-refractivity contribution in [3.8, 4) is 0 Å². The van der Waals surface area contributed by atoms with Crippen LogP contribution in [0.25, 0.3) is 0 Å². The molecular weight excluding hydrogens is 301 g/mol. The van der Waals surface area contributed by atoms with Gasteiger partial charge in [-0.3, -0.25) is 4.79 Å². The van der Waals surface area contributed by atoms with Crippen molar-refractivity contribution in [3.05, 3.63) is 34.1 Å². The first-order valence-electron chi connectivity index (χ1n) is 5.78. The number of amides is 1. The maximum Gasteiger partial charge on any atom is 0.257 e. The average Bonchev–Trinajstić information content (AvgIpc) is 2.30. The molecule has 98 valence electrons. The first-order chi connectivity index (χ1) is 8.41. The summed E-state index contributed by atoms with van der Waals surface area (Å²) >= 11 is 3.09. The molecule has 1 aromatic rings. The van der Waals surface area contributed by atoms with Crippen LogP contribution in [0.15, 0.2) is 22.7 Å². The van der Waals surface area contributed by atoms with Gasteiger partial charge in [0.2, 0.25) is 0 Å². The fourth-order valence-corrected chi connectivity index (χ4v) is 2.40. The van der Waals surface area contributed by atoms with Gasteiger partial charge in [-0.1, -0.05) is 6.07 Å². The van der Waals surface area contributed by atoms with E-state index in [4.69, 9.17) is 4.74 Å². The Kier molecular flexibility index (Phi) is 3.73. The molecule has 3 nitrogen and oxygen atoms in total. The highest BCUT2D eigenvalue weighted by Crippen LogP contribution is 2.23. The molecule has 0 radical (unpaired) electrons. The lowest BCUT2D eigenvalue weighted by Crippen LogP contribution is -2.50. The number of carbonyl (C=O) groups excluding carboxylic acids is 1. The Morgan fingerprint density at radius 2 is 2.22 bits per heavy atom. The van der Waals surface area contributed by atoms with Gasteiger partial charge >= 0.3 is 0 Å². The number of rotatable bonds is 1. The second-order valence-electron chi connectivity index (χ2n) is 4.94. The molecule has 1 aliphatic rings. The van der Waals surface area contributed by atoms with Crippen LogP contribution in [0.1, 0.15) is 24.2 Å². The Hall–Kier alpha value is -0.940. The van der Waals surface area contributed by atoms with Gasteiger partial charge in [-0.15, -0.1) is 0 Å². The number of hydrogen-bond donors (Lipinski definition) is 0. The van der Waals surface area contributed by atoms with Crippen molar-refractivity contribution in [1.82, 2.24) is 4.90 Å². The molecular formula is C13H15BrFNO2. The predicted octanol–water partition coefficient (Wildman–Crippen LogP) is 2.84. The molecule has 1 amide bonds. The van der Waals surface area contributed by atoms with Crippen molar-refractivity contribution in [2.45, 2.75) is 19.4 Å². The summed E-state index contributed by atoms with van der Waals surface area (Å²) in [6.45, 7) is 5.29. The lowest BCUT2D eigenvalue weighted by Gasteiger charge is -2.38. The summed E-state index contributed by atoms with van der Waals surface area (Å²) in [5.41, 5.74) is -0.279. The molecule has 1 saturated heterocycles. The highest BCUT2D eigenvalue weighted by atomic mass is 79.9. The van der Waals surface area contributed by atoms with Crippen molar-refractivity contribution in [2.24, 2.45) is 0 Å². The van der Waals surface area contributed by atoms with Gasteiger partial charge in [0.05, 0.1) is 22.2 Å². The van der Waals surface area contributed by atoms with Crippen LogP contribution in [0.2, 0.25) is 0 Å². The van der Waals surface area contributed by atoms with Crippen molar-refractivity contribution in [2.75, 3.05) is 19.7 Å². The third kappa shape index (κ3) is 2.72. The zero-order valence-corrected chi connectivity index (χ0v) is 12.0. The van der Waals surface area contributed by atoms with Crippen molar-refractivity contribution >= 4 is 21.8 Å². The lowest BCUT2D eigenvalue weighted by molar-refractivity contribution is -0.0764. The quantitative estimate of drug-likeness (QED) is 0.797. The maximum atomic E-state index is 13.9. The number of morpholine rings is 1. The van der Waals surface area contributed by atoms with Crippen LogP contribution < -0.4 is 0 Å². The van der Waals surface area contributed by atoms with Gasteiger partial charge in [0.15, 0.2) is 0 Å². The highest BCUT2D eigenvalue weighted by Gasteiger charge is 2.31. The molecule has 1 fully saturated rings. The summed E-state index contributed by atoms with van der Waals surface area (Å²) in [6.07, 6.45) is 0. The number of halogens is 2. The van der Waals surface area contributed by atoms with E-state index in [0.29, 0.717) is 24.2 Å². The average molecular weight is 316 g/mol. The summed E-state index contributed by atoms with van der Waals surface area (Å²) < 4.78 is 19.7. The molecule has 0 unspecified atom stereocenters. The van der Waals surface area contributed by atoms with Gasteiger partial charge in [0.1, 0.15) is 5.82 Å². The minimum atomic E-state index is -0.508. The van der Waals surface area contributed by atoms with Crippen LogP contribution in [0.4, 0.5) is 4.39 Å². The molecule has 5 heteroatoms. The minimum Gasteiger partial charge on any atom is -0.372 e. The summed E-state index contributed by atoms with van der Waals surface area (Å²) in [5, 5.41) is 0. The topological polar surface area (TPSA) is 29.5 Å². The van der Waals surface area contributed by atoms with E-state index < -0.39 is 5.82 Å². The fourth-order valence-electron chi connectivity index (χ4n) is 2.03. The van der Waals surface area contributed by atoms with Crippen LogP contribution in [-0.2, 0) is 4.74 Å². The summed E-state index contributed by atoms with van der Waals surface area (Å²) in [7, 11) is 0. The predicted molar refractivity (Wildman–Crippen MR) is 70.0 cm³/mol. The van der Waals surface area contributed by atoms with Gasteiger partial charge in [0, 0.05) is 13.1 Å². The van der Waals surface area contributed by atoms with E-state index in [-0.39, 0.29) is 17.1 Å². The first kappa shape index (κ1) is 13.5. The second-order valence-corrected chi connectivity index (χ2v) is 5.79.